The average Bonchev–Trinajstić information content (AvgIpc) is 3.41. The van der Waals surface area contributed by atoms with E-state index in [0.29, 0.717) is 34.3 Å². The van der Waals surface area contributed by atoms with Crippen molar-refractivity contribution in [2.45, 2.75) is 0 Å². The van der Waals surface area contributed by atoms with Crippen molar-refractivity contribution in [2.24, 2.45) is 0 Å². The van der Waals surface area contributed by atoms with Crippen LogP contribution in [0.25, 0.3) is 22.9 Å². The summed E-state index contributed by atoms with van der Waals surface area (Å²) in [5.41, 5.74) is 3.96. The van der Waals surface area contributed by atoms with E-state index in [-0.39, 0.29) is 11.8 Å². The first-order chi connectivity index (χ1) is 17.2. The van der Waals surface area contributed by atoms with Gasteiger partial charge >= 0.3 is 0 Å². The summed E-state index contributed by atoms with van der Waals surface area (Å²) in [5.74, 6) is 0.369. The molecule has 5 rings (SSSR count). The van der Waals surface area contributed by atoms with Gasteiger partial charge in [-0.1, -0.05) is 36.4 Å². The smallest absolute Gasteiger partial charge is 0.255 e. The second-order valence-corrected chi connectivity index (χ2v) is 7.71. The van der Waals surface area contributed by atoms with Gasteiger partial charge in [-0.2, -0.15) is 0 Å². The maximum Gasteiger partial charge on any atom is 0.255 e. The molecule has 0 fully saturated rings. The fraction of sp³-hybridized carbons (Fsp3) is 0. The minimum Gasteiger partial charge on any atom is -0.416 e. The maximum atomic E-state index is 12.3. The van der Waals surface area contributed by atoms with Crippen LogP contribution in [0.3, 0.4) is 0 Å². The van der Waals surface area contributed by atoms with E-state index in [0.717, 1.165) is 11.1 Å². The molecule has 0 saturated carbocycles. The van der Waals surface area contributed by atoms with Crippen LogP contribution < -0.4 is 10.6 Å². The Morgan fingerprint density at radius 2 is 0.886 bits per heavy atom. The molecule has 0 atom stereocenters. The fourth-order valence-corrected chi connectivity index (χ4v) is 3.43. The van der Waals surface area contributed by atoms with E-state index in [1.165, 1.54) is 0 Å². The topological polar surface area (TPSA) is 97.1 Å². The maximum absolute atomic E-state index is 12.3. The number of carbonyl (C=O) groups excluding carboxylic acids is 2. The van der Waals surface area contributed by atoms with Crippen molar-refractivity contribution in [1.82, 2.24) is 10.2 Å². The lowest BCUT2D eigenvalue weighted by molar-refractivity contribution is 0.101. The van der Waals surface area contributed by atoms with Crippen molar-refractivity contribution in [3.63, 3.8) is 0 Å². The molecule has 2 amide bonds. The van der Waals surface area contributed by atoms with Crippen LogP contribution in [0.4, 0.5) is 11.4 Å². The molecule has 0 aliphatic heterocycles. The highest BCUT2D eigenvalue weighted by molar-refractivity contribution is 6.04. The second-order valence-electron chi connectivity index (χ2n) is 7.71. The molecule has 35 heavy (non-hydrogen) atoms. The van der Waals surface area contributed by atoms with Gasteiger partial charge in [0.05, 0.1) is 0 Å². The minimum absolute atomic E-state index is 0.179. The Hall–Kier alpha value is -5.04. The summed E-state index contributed by atoms with van der Waals surface area (Å²) in [4.78, 5) is 24.6. The first kappa shape index (κ1) is 21.8. The summed E-state index contributed by atoms with van der Waals surface area (Å²) < 4.78 is 5.84. The first-order valence-corrected chi connectivity index (χ1v) is 10.9. The van der Waals surface area contributed by atoms with E-state index < -0.39 is 0 Å². The number of nitrogens with one attached hydrogen (secondary N) is 2. The van der Waals surface area contributed by atoms with Gasteiger partial charge in [0, 0.05) is 33.6 Å². The Morgan fingerprint density at radius 1 is 0.514 bits per heavy atom. The van der Waals surface area contributed by atoms with Crippen molar-refractivity contribution < 1.29 is 14.0 Å². The molecular weight excluding hydrogens is 440 g/mol. The molecule has 0 aliphatic rings. The number of hydrogen-bond donors (Lipinski definition) is 2. The third kappa shape index (κ3) is 5.15. The third-order valence-corrected chi connectivity index (χ3v) is 5.28. The second kappa shape index (κ2) is 9.84. The number of hydrogen-bond acceptors (Lipinski definition) is 5. The highest BCUT2D eigenvalue weighted by Gasteiger charge is 2.12. The van der Waals surface area contributed by atoms with Crippen LogP contribution in [0, 0.1) is 0 Å². The highest BCUT2D eigenvalue weighted by atomic mass is 16.4. The van der Waals surface area contributed by atoms with Gasteiger partial charge in [-0.25, -0.2) is 0 Å². The SMILES string of the molecule is O=C(Nc1ccc(-c2nnc(-c3ccc(NC(=O)c4ccccc4)cc3)o2)cc1)c1ccccc1. The number of nitrogens with zero attached hydrogens (tertiary/aromatic N) is 2. The lowest BCUT2D eigenvalue weighted by Crippen LogP contribution is -2.11. The van der Waals surface area contributed by atoms with Gasteiger partial charge in [0.25, 0.3) is 11.8 Å². The molecule has 0 spiro atoms. The lowest BCUT2D eigenvalue weighted by Gasteiger charge is -2.06. The molecule has 4 aromatic carbocycles. The van der Waals surface area contributed by atoms with Crippen LogP contribution in [-0.4, -0.2) is 22.0 Å². The Bertz CT molecular complexity index is 1330. The van der Waals surface area contributed by atoms with E-state index in [2.05, 4.69) is 20.8 Å². The number of rotatable bonds is 6. The number of benzene rings is 4. The van der Waals surface area contributed by atoms with Crippen LogP contribution >= 0.6 is 0 Å². The Kier molecular flexibility index (Phi) is 6.13. The van der Waals surface area contributed by atoms with Gasteiger partial charge < -0.3 is 15.1 Å². The van der Waals surface area contributed by atoms with Crippen LogP contribution in [0.15, 0.2) is 114 Å². The number of aromatic nitrogens is 2. The summed E-state index contributed by atoms with van der Waals surface area (Å²) in [7, 11) is 0. The molecule has 0 bridgehead atoms. The normalized spacial score (nSPS) is 10.5. The molecule has 2 N–H and O–H groups in total. The van der Waals surface area contributed by atoms with Gasteiger partial charge in [0.1, 0.15) is 0 Å². The summed E-state index contributed by atoms with van der Waals surface area (Å²) in [6.45, 7) is 0. The van der Waals surface area contributed by atoms with Crippen molar-refractivity contribution in [3.8, 4) is 22.9 Å². The number of anilines is 2. The quantitative estimate of drug-likeness (QED) is 0.328. The van der Waals surface area contributed by atoms with Gasteiger partial charge in [0.15, 0.2) is 0 Å². The average molecular weight is 460 g/mol. The first-order valence-electron chi connectivity index (χ1n) is 10.9. The van der Waals surface area contributed by atoms with E-state index in [1.54, 1.807) is 72.8 Å². The van der Waals surface area contributed by atoms with Crippen LogP contribution in [0.2, 0.25) is 0 Å². The predicted molar refractivity (Wildman–Crippen MR) is 134 cm³/mol. The van der Waals surface area contributed by atoms with Crippen LogP contribution in [0.5, 0.6) is 0 Å². The molecule has 0 saturated heterocycles. The predicted octanol–water partition coefficient (Wildman–Crippen LogP) is 5.91. The van der Waals surface area contributed by atoms with Gasteiger partial charge in [0.2, 0.25) is 11.8 Å². The molecule has 0 unspecified atom stereocenters. The Balaban J connectivity index is 1.24. The van der Waals surface area contributed by atoms with Gasteiger partial charge in [-0.15, -0.1) is 10.2 Å². The van der Waals surface area contributed by atoms with E-state index in [1.807, 2.05) is 36.4 Å². The zero-order chi connectivity index (χ0) is 24.0. The van der Waals surface area contributed by atoms with E-state index in [4.69, 9.17) is 4.42 Å². The Labute approximate surface area is 201 Å². The van der Waals surface area contributed by atoms with Gasteiger partial charge in [-0.3, -0.25) is 9.59 Å². The van der Waals surface area contributed by atoms with Crippen molar-refractivity contribution in [1.29, 1.82) is 0 Å². The standard InChI is InChI=1S/C28H20N4O3/c33-25(19-7-3-1-4-8-19)29-23-15-11-21(12-16-23)27-31-32-28(35-27)22-13-17-24(18-14-22)30-26(34)20-9-5-2-6-10-20/h1-18H,(H,29,33)(H,30,34). The molecule has 7 nitrogen and oxygen atoms in total. The van der Waals surface area contributed by atoms with Crippen molar-refractivity contribution >= 4 is 23.2 Å². The fourth-order valence-electron chi connectivity index (χ4n) is 3.43. The largest absolute Gasteiger partial charge is 0.416 e. The summed E-state index contributed by atoms with van der Waals surface area (Å²) >= 11 is 0. The van der Waals surface area contributed by atoms with Crippen LogP contribution in [-0.2, 0) is 0 Å². The molecule has 1 aromatic heterocycles. The molecular formula is C28H20N4O3. The van der Waals surface area contributed by atoms with Crippen molar-refractivity contribution in [2.75, 3.05) is 10.6 Å². The monoisotopic (exact) mass is 460 g/mol. The summed E-state index contributed by atoms with van der Waals surface area (Å²) in [5, 5.41) is 14.0. The number of amides is 2. The zero-order valence-corrected chi connectivity index (χ0v) is 18.5. The zero-order valence-electron chi connectivity index (χ0n) is 18.5. The third-order valence-electron chi connectivity index (χ3n) is 5.28. The number of carbonyl (C=O) groups is 2. The van der Waals surface area contributed by atoms with E-state index >= 15 is 0 Å². The Morgan fingerprint density at radius 3 is 1.26 bits per heavy atom. The summed E-state index contributed by atoms with van der Waals surface area (Å²) in [6, 6.07) is 32.4. The van der Waals surface area contributed by atoms with E-state index in [9.17, 15) is 9.59 Å². The van der Waals surface area contributed by atoms with Crippen LogP contribution in [0.1, 0.15) is 20.7 Å². The highest BCUT2D eigenvalue weighted by Crippen LogP contribution is 2.26. The summed E-state index contributed by atoms with van der Waals surface area (Å²) in [6.07, 6.45) is 0. The van der Waals surface area contributed by atoms with Crippen molar-refractivity contribution in [3.05, 3.63) is 120 Å². The molecule has 5 aromatic rings. The molecule has 0 radical (unpaired) electrons. The molecule has 170 valence electrons. The molecule has 1 heterocycles. The minimum atomic E-state index is -0.179. The molecule has 7 heteroatoms. The van der Waals surface area contributed by atoms with Gasteiger partial charge in [-0.05, 0) is 72.8 Å². The molecule has 0 aliphatic carbocycles. The lowest BCUT2D eigenvalue weighted by atomic mass is 10.1.